The molecule has 0 fully saturated rings. The quantitative estimate of drug-likeness (QED) is 0.783. The molecule has 0 heterocycles. The Labute approximate surface area is 143 Å². The van der Waals surface area contributed by atoms with Crippen LogP contribution in [0.1, 0.15) is 22.0 Å². The zero-order valence-corrected chi connectivity index (χ0v) is 13.5. The van der Waals surface area contributed by atoms with Crippen LogP contribution in [-0.4, -0.2) is 26.2 Å². The zero-order chi connectivity index (χ0) is 18.2. The SMILES string of the molecule is COCCOc1cccc(C(=O)N[C@@H](C#N)c2ccc(F)cc2F)c1. The molecule has 1 atom stereocenters. The summed E-state index contributed by atoms with van der Waals surface area (Å²) in [6, 6.07) is 9.70. The highest BCUT2D eigenvalue weighted by atomic mass is 19.1. The molecule has 0 aliphatic rings. The topological polar surface area (TPSA) is 71.3 Å². The van der Waals surface area contributed by atoms with Gasteiger partial charge in [0.2, 0.25) is 0 Å². The van der Waals surface area contributed by atoms with Crippen LogP contribution in [0.2, 0.25) is 0 Å². The van der Waals surface area contributed by atoms with E-state index in [9.17, 15) is 18.8 Å². The van der Waals surface area contributed by atoms with Crippen LogP contribution in [0.4, 0.5) is 8.78 Å². The molecule has 2 aromatic rings. The van der Waals surface area contributed by atoms with Crippen LogP contribution in [0.3, 0.4) is 0 Å². The Balaban J connectivity index is 2.12. The Kier molecular flexibility index (Phi) is 6.43. The number of carbonyl (C=O) groups is 1. The fraction of sp³-hybridized carbons (Fsp3) is 0.222. The molecule has 0 saturated carbocycles. The number of halogens is 2. The molecule has 2 rings (SSSR count). The van der Waals surface area contributed by atoms with Gasteiger partial charge in [0.05, 0.1) is 12.7 Å². The molecule has 1 amide bonds. The number of hydrogen-bond donors (Lipinski definition) is 1. The lowest BCUT2D eigenvalue weighted by atomic mass is 10.1. The fourth-order valence-corrected chi connectivity index (χ4v) is 2.10. The molecule has 1 N–H and O–H groups in total. The highest BCUT2D eigenvalue weighted by Gasteiger charge is 2.19. The van der Waals surface area contributed by atoms with Crippen molar-refractivity contribution < 1.29 is 23.0 Å². The summed E-state index contributed by atoms with van der Waals surface area (Å²) in [7, 11) is 1.55. The molecule has 0 spiro atoms. The van der Waals surface area contributed by atoms with Gasteiger partial charge in [0.15, 0.2) is 0 Å². The maximum absolute atomic E-state index is 13.8. The van der Waals surface area contributed by atoms with Crippen LogP contribution < -0.4 is 10.1 Å². The van der Waals surface area contributed by atoms with E-state index in [1.807, 2.05) is 0 Å². The first kappa shape index (κ1) is 18.4. The van der Waals surface area contributed by atoms with Crippen LogP contribution in [0.25, 0.3) is 0 Å². The molecule has 7 heteroatoms. The molecular formula is C18H16F2N2O3. The predicted molar refractivity (Wildman–Crippen MR) is 86.0 cm³/mol. The van der Waals surface area contributed by atoms with Gasteiger partial charge in [-0.2, -0.15) is 5.26 Å². The molecule has 0 bridgehead atoms. The van der Waals surface area contributed by atoms with Gasteiger partial charge < -0.3 is 14.8 Å². The molecule has 0 radical (unpaired) electrons. The molecule has 0 aromatic heterocycles. The summed E-state index contributed by atoms with van der Waals surface area (Å²) in [5.74, 6) is -1.77. The highest BCUT2D eigenvalue weighted by molar-refractivity contribution is 5.95. The predicted octanol–water partition coefficient (Wildman–Crippen LogP) is 2.98. The second kappa shape index (κ2) is 8.76. The number of hydrogen-bond acceptors (Lipinski definition) is 4. The Hall–Kier alpha value is -2.98. The van der Waals surface area contributed by atoms with Gasteiger partial charge in [-0.25, -0.2) is 8.78 Å². The fourth-order valence-electron chi connectivity index (χ4n) is 2.10. The monoisotopic (exact) mass is 346 g/mol. The Morgan fingerprint density at radius 1 is 1.24 bits per heavy atom. The van der Waals surface area contributed by atoms with Crippen molar-refractivity contribution in [1.82, 2.24) is 5.32 Å². The van der Waals surface area contributed by atoms with Crippen molar-refractivity contribution in [2.24, 2.45) is 0 Å². The van der Waals surface area contributed by atoms with E-state index in [2.05, 4.69) is 5.32 Å². The van der Waals surface area contributed by atoms with Gasteiger partial charge in [0.25, 0.3) is 5.91 Å². The maximum atomic E-state index is 13.8. The number of nitrogens with one attached hydrogen (secondary N) is 1. The average Bonchev–Trinajstić information content (AvgIpc) is 2.60. The molecule has 130 valence electrons. The van der Waals surface area contributed by atoms with E-state index in [4.69, 9.17) is 9.47 Å². The van der Waals surface area contributed by atoms with Gasteiger partial charge in [0.1, 0.15) is 30.0 Å². The first-order valence-corrected chi connectivity index (χ1v) is 7.42. The summed E-state index contributed by atoms with van der Waals surface area (Å²) in [6.07, 6.45) is 0. The minimum absolute atomic E-state index is 0.107. The normalized spacial score (nSPS) is 11.4. The van der Waals surface area contributed by atoms with E-state index < -0.39 is 23.6 Å². The first-order valence-electron chi connectivity index (χ1n) is 7.42. The number of rotatable bonds is 7. The summed E-state index contributed by atoms with van der Waals surface area (Å²) < 4.78 is 37.1. The minimum atomic E-state index is -1.24. The van der Waals surface area contributed by atoms with E-state index in [0.29, 0.717) is 25.0 Å². The van der Waals surface area contributed by atoms with E-state index >= 15 is 0 Å². The van der Waals surface area contributed by atoms with Crippen molar-refractivity contribution in [1.29, 1.82) is 5.26 Å². The summed E-state index contributed by atoms with van der Waals surface area (Å²) in [4.78, 5) is 12.3. The van der Waals surface area contributed by atoms with E-state index in [1.165, 1.54) is 12.1 Å². The standard InChI is InChI=1S/C18H16F2N2O3/c1-24-7-8-25-14-4-2-3-12(9-14)18(23)22-17(11-21)15-6-5-13(19)10-16(15)20/h2-6,9-10,17H,7-8H2,1H3,(H,22,23)/t17-/m0/s1. The number of nitrogens with zero attached hydrogens (tertiary/aromatic N) is 1. The number of ether oxygens (including phenoxy) is 2. The smallest absolute Gasteiger partial charge is 0.252 e. The lowest BCUT2D eigenvalue weighted by Gasteiger charge is -2.13. The lowest BCUT2D eigenvalue weighted by Crippen LogP contribution is -2.28. The first-order chi connectivity index (χ1) is 12.0. The lowest BCUT2D eigenvalue weighted by molar-refractivity contribution is 0.0944. The molecule has 0 aliphatic carbocycles. The Bertz CT molecular complexity index is 790. The van der Waals surface area contributed by atoms with Crippen molar-refractivity contribution in [2.45, 2.75) is 6.04 Å². The van der Waals surface area contributed by atoms with Gasteiger partial charge in [-0.3, -0.25) is 4.79 Å². The van der Waals surface area contributed by atoms with Crippen LogP contribution in [0.15, 0.2) is 42.5 Å². The van der Waals surface area contributed by atoms with Crippen LogP contribution in [0.5, 0.6) is 5.75 Å². The molecule has 2 aromatic carbocycles. The molecule has 25 heavy (non-hydrogen) atoms. The summed E-state index contributed by atoms with van der Waals surface area (Å²) in [5, 5.41) is 11.6. The van der Waals surface area contributed by atoms with Crippen molar-refractivity contribution in [2.75, 3.05) is 20.3 Å². The van der Waals surface area contributed by atoms with E-state index in [-0.39, 0.29) is 11.1 Å². The maximum Gasteiger partial charge on any atom is 0.252 e. The van der Waals surface area contributed by atoms with Gasteiger partial charge in [0, 0.05) is 24.3 Å². The Morgan fingerprint density at radius 3 is 2.72 bits per heavy atom. The second-order valence-electron chi connectivity index (χ2n) is 5.07. The molecule has 5 nitrogen and oxygen atoms in total. The van der Waals surface area contributed by atoms with Gasteiger partial charge >= 0.3 is 0 Å². The number of carbonyl (C=O) groups excluding carboxylic acids is 1. The van der Waals surface area contributed by atoms with Gasteiger partial charge in [-0.1, -0.05) is 12.1 Å². The van der Waals surface area contributed by atoms with E-state index in [1.54, 1.807) is 25.3 Å². The third-order valence-electron chi connectivity index (χ3n) is 3.33. The molecule has 0 unspecified atom stereocenters. The zero-order valence-electron chi connectivity index (χ0n) is 13.5. The van der Waals surface area contributed by atoms with Crippen molar-refractivity contribution in [3.63, 3.8) is 0 Å². The van der Waals surface area contributed by atoms with Crippen LogP contribution >= 0.6 is 0 Å². The number of nitriles is 1. The second-order valence-corrected chi connectivity index (χ2v) is 5.07. The highest BCUT2D eigenvalue weighted by Crippen LogP contribution is 2.19. The third-order valence-corrected chi connectivity index (χ3v) is 3.33. The van der Waals surface area contributed by atoms with Crippen molar-refractivity contribution in [3.8, 4) is 11.8 Å². The molecule has 0 aliphatic heterocycles. The van der Waals surface area contributed by atoms with Gasteiger partial charge in [-0.05, 0) is 24.3 Å². The number of benzene rings is 2. The van der Waals surface area contributed by atoms with E-state index in [0.717, 1.165) is 12.1 Å². The molecule has 0 saturated heterocycles. The third kappa shape index (κ3) is 4.99. The van der Waals surface area contributed by atoms with Crippen molar-refractivity contribution in [3.05, 3.63) is 65.2 Å². The number of methoxy groups -OCH3 is 1. The van der Waals surface area contributed by atoms with Gasteiger partial charge in [-0.15, -0.1) is 0 Å². The Morgan fingerprint density at radius 2 is 2.04 bits per heavy atom. The summed E-state index contributed by atoms with van der Waals surface area (Å²) in [5.41, 5.74) is 0.141. The van der Waals surface area contributed by atoms with Crippen LogP contribution in [-0.2, 0) is 4.74 Å². The van der Waals surface area contributed by atoms with Crippen molar-refractivity contribution >= 4 is 5.91 Å². The summed E-state index contributed by atoms with van der Waals surface area (Å²) >= 11 is 0. The number of amides is 1. The summed E-state index contributed by atoms with van der Waals surface area (Å²) in [6.45, 7) is 0.722. The van der Waals surface area contributed by atoms with Crippen LogP contribution in [0, 0.1) is 23.0 Å². The largest absolute Gasteiger partial charge is 0.491 e. The average molecular weight is 346 g/mol. The molecular weight excluding hydrogens is 330 g/mol. The minimum Gasteiger partial charge on any atom is -0.491 e.